The highest BCUT2D eigenvalue weighted by molar-refractivity contribution is 7.89. The first-order valence-corrected chi connectivity index (χ1v) is 10.7. The second-order valence-corrected chi connectivity index (χ2v) is 8.10. The zero-order valence-corrected chi connectivity index (χ0v) is 16.9. The lowest BCUT2D eigenvalue weighted by atomic mass is 10.2. The molecule has 0 aromatic heterocycles. The molecule has 28 heavy (non-hydrogen) atoms. The molecule has 2 aromatic carbocycles. The number of benzene rings is 2. The third-order valence-electron chi connectivity index (χ3n) is 3.89. The van der Waals surface area contributed by atoms with Gasteiger partial charge in [0.1, 0.15) is 10.6 Å². The third kappa shape index (κ3) is 6.19. The van der Waals surface area contributed by atoms with E-state index < -0.39 is 26.6 Å². The molecule has 0 spiro atoms. The van der Waals surface area contributed by atoms with Crippen LogP contribution in [0.25, 0.3) is 0 Å². The zero-order chi connectivity index (χ0) is 20.6. The van der Waals surface area contributed by atoms with E-state index in [1.165, 1.54) is 24.3 Å². The van der Waals surface area contributed by atoms with E-state index in [2.05, 4.69) is 6.92 Å². The SMILES string of the molecule is CCCCCCOc1ccc(C(=O)NNS(=O)(=O)c2cccc(Cl)c2F)cc1. The third-order valence-corrected chi connectivity index (χ3v) is 5.44. The van der Waals surface area contributed by atoms with Crippen molar-refractivity contribution in [2.24, 2.45) is 0 Å². The van der Waals surface area contributed by atoms with Crippen LogP contribution in [-0.2, 0) is 10.0 Å². The highest BCUT2D eigenvalue weighted by Crippen LogP contribution is 2.21. The van der Waals surface area contributed by atoms with Gasteiger partial charge in [-0.15, -0.1) is 4.83 Å². The van der Waals surface area contributed by atoms with Gasteiger partial charge in [-0.2, -0.15) is 0 Å². The number of nitrogens with one attached hydrogen (secondary N) is 2. The molecule has 2 aromatic rings. The van der Waals surface area contributed by atoms with Crippen molar-refractivity contribution in [3.63, 3.8) is 0 Å². The predicted octanol–water partition coefficient (Wildman–Crippen LogP) is 4.06. The molecule has 2 rings (SSSR count). The Kier molecular flexibility index (Phi) is 8.22. The number of ether oxygens (including phenoxy) is 1. The molecular weight excluding hydrogens is 407 g/mol. The summed E-state index contributed by atoms with van der Waals surface area (Å²) in [5, 5.41) is -0.334. The van der Waals surface area contributed by atoms with E-state index in [0.29, 0.717) is 12.4 Å². The first-order valence-electron chi connectivity index (χ1n) is 8.84. The summed E-state index contributed by atoms with van der Waals surface area (Å²) in [6.07, 6.45) is 4.37. The monoisotopic (exact) mass is 428 g/mol. The van der Waals surface area contributed by atoms with Crippen LogP contribution in [0.4, 0.5) is 4.39 Å². The number of hydrogen-bond acceptors (Lipinski definition) is 4. The quantitative estimate of drug-likeness (QED) is 0.441. The Morgan fingerprint density at radius 2 is 1.82 bits per heavy atom. The topological polar surface area (TPSA) is 84.5 Å². The van der Waals surface area contributed by atoms with Crippen molar-refractivity contribution < 1.29 is 22.3 Å². The fraction of sp³-hybridized carbons (Fsp3) is 0.316. The Bertz CT molecular complexity index is 905. The molecule has 0 aliphatic carbocycles. The van der Waals surface area contributed by atoms with Crippen molar-refractivity contribution in [3.8, 4) is 5.75 Å². The lowest BCUT2D eigenvalue weighted by Gasteiger charge is -2.10. The van der Waals surface area contributed by atoms with Crippen LogP contribution in [0.1, 0.15) is 43.0 Å². The summed E-state index contributed by atoms with van der Waals surface area (Å²) in [4.78, 5) is 13.3. The Hall–Kier alpha value is -2.16. The van der Waals surface area contributed by atoms with Gasteiger partial charge in [-0.3, -0.25) is 10.2 Å². The zero-order valence-electron chi connectivity index (χ0n) is 15.4. The van der Waals surface area contributed by atoms with Gasteiger partial charge in [0.05, 0.1) is 11.6 Å². The molecule has 6 nitrogen and oxygen atoms in total. The smallest absolute Gasteiger partial charge is 0.266 e. The molecule has 1 amide bonds. The number of rotatable bonds is 10. The molecule has 2 N–H and O–H groups in total. The molecule has 0 heterocycles. The van der Waals surface area contributed by atoms with Gasteiger partial charge in [0.2, 0.25) is 0 Å². The number of halogens is 2. The van der Waals surface area contributed by atoms with Gasteiger partial charge in [0.15, 0.2) is 5.82 Å². The first kappa shape index (κ1) is 22.1. The molecule has 0 saturated carbocycles. The Labute approximate surface area is 169 Å². The van der Waals surface area contributed by atoms with Gasteiger partial charge in [0, 0.05) is 5.56 Å². The maximum Gasteiger partial charge on any atom is 0.266 e. The average Bonchev–Trinajstić information content (AvgIpc) is 2.68. The molecule has 152 valence electrons. The van der Waals surface area contributed by atoms with Crippen LogP contribution in [0, 0.1) is 5.82 Å². The summed E-state index contributed by atoms with van der Waals surface area (Å²) in [6.45, 7) is 2.73. The molecule has 0 aliphatic heterocycles. The van der Waals surface area contributed by atoms with Gasteiger partial charge in [-0.05, 0) is 42.8 Å². The maximum absolute atomic E-state index is 13.9. The van der Waals surface area contributed by atoms with E-state index in [4.69, 9.17) is 16.3 Å². The number of sulfonamides is 1. The van der Waals surface area contributed by atoms with Crippen LogP contribution in [0.15, 0.2) is 47.4 Å². The second-order valence-electron chi connectivity index (χ2n) is 6.05. The van der Waals surface area contributed by atoms with Crippen LogP contribution in [0.5, 0.6) is 5.75 Å². The summed E-state index contributed by atoms with van der Waals surface area (Å²) in [6, 6.07) is 9.82. The van der Waals surface area contributed by atoms with Crippen LogP contribution in [0.3, 0.4) is 0 Å². The molecule has 0 unspecified atom stereocenters. The molecule has 0 atom stereocenters. The summed E-state index contributed by atoms with van der Waals surface area (Å²) in [5.74, 6) is -1.17. The van der Waals surface area contributed by atoms with Gasteiger partial charge >= 0.3 is 0 Å². The van der Waals surface area contributed by atoms with E-state index in [1.54, 1.807) is 12.1 Å². The number of carbonyl (C=O) groups excluding carboxylic acids is 1. The second kappa shape index (κ2) is 10.4. The van der Waals surface area contributed by atoms with Crippen LogP contribution >= 0.6 is 11.6 Å². The fourth-order valence-electron chi connectivity index (χ4n) is 2.35. The van der Waals surface area contributed by atoms with Crippen molar-refractivity contribution in [1.29, 1.82) is 0 Å². The van der Waals surface area contributed by atoms with Crippen molar-refractivity contribution in [1.82, 2.24) is 10.3 Å². The van der Waals surface area contributed by atoms with Crippen LogP contribution < -0.4 is 15.0 Å². The Morgan fingerprint density at radius 3 is 2.50 bits per heavy atom. The normalized spacial score (nSPS) is 11.2. The highest BCUT2D eigenvalue weighted by atomic mass is 35.5. The first-order chi connectivity index (χ1) is 13.3. The fourth-order valence-corrected chi connectivity index (χ4v) is 3.52. The minimum absolute atomic E-state index is 0.215. The van der Waals surface area contributed by atoms with E-state index in [-0.39, 0.29) is 10.6 Å². The van der Waals surface area contributed by atoms with Crippen molar-refractivity contribution in [3.05, 3.63) is 58.9 Å². The number of carbonyl (C=O) groups is 1. The summed E-state index contributed by atoms with van der Waals surface area (Å²) in [7, 11) is -4.31. The number of hydrogen-bond donors (Lipinski definition) is 2. The molecule has 9 heteroatoms. The molecule has 0 saturated heterocycles. The number of hydrazine groups is 1. The summed E-state index contributed by atoms with van der Waals surface area (Å²) in [5.41, 5.74) is 2.26. The number of amides is 1. The van der Waals surface area contributed by atoms with Crippen LogP contribution in [-0.4, -0.2) is 20.9 Å². The Balaban J connectivity index is 1.91. The lowest BCUT2D eigenvalue weighted by molar-refractivity contribution is 0.0945. The Morgan fingerprint density at radius 1 is 1.11 bits per heavy atom. The summed E-state index contributed by atoms with van der Waals surface area (Å²) < 4.78 is 43.8. The van der Waals surface area contributed by atoms with E-state index in [9.17, 15) is 17.6 Å². The largest absolute Gasteiger partial charge is 0.494 e. The minimum atomic E-state index is -4.31. The lowest BCUT2D eigenvalue weighted by Crippen LogP contribution is -2.41. The average molecular weight is 429 g/mol. The molecule has 0 aliphatic rings. The van der Waals surface area contributed by atoms with Gasteiger partial charge in [-0.1, -0.05) is 43.9 Å². The predicted molar refractivity (Wildman–Crippen MR) is 105 cm³/mol. The van der Waals surface area contributed by atoms with Crippen molar-refractivity contribution in [2.75, 3.05) is 6.61 Å². The van der Waals surface area contributed by atoms with Gasteiger partial charge in [0.25, 0.3) is 15.9 Å². The van der Waals surface area contributed by atoms with Crippen molar-refractivity contribution >= 4 is 27.5 Å². The van der Waals surface area contributed by atoms with E-state index >= 15 is 0 Å². The molecule has 0 fully saturated rings. The number of unbranched alkanes of at least 4 members (excludes halogenated alkanes) is 3. The van der Waals surface area contributed by atoms with E-state index in [0.717, 1.165) is 31.7 Å². The van der Waals surface area contributed by atoms with E-state index in [1.807, 2.05) is 10.3 Å². The molecule has 0 radical (unpaired) electrons. The highest BCUT2D eigenvalue weighted by Gasteiger charge is 2.21. The molecular formula is C19H22ClFN2O4S. The minimum Gasteiger partial charge on any atom is -0.494 e. The van der Waals surface area contributed by atoms with Crippen LogP contribution in [0.2, 0.25) is 5.02 Å². The standard InChI is InChI=1S/C19H22ClFN2O4S/c1-2-3-4-5-13-27-15-11-9-14(10-12-15)19(24)22-23-28(25,26)17-8-6-7-16(20)18(17)21/h6-12,23H,2-5,13H2,1H3,(H,22,24). The molecule has 0 bridgehead atoms. The van der Waals surface area contributed by atoms with Crippen molar-refractivity contribution in [2.45, 2.75) is 37.5 Å². The van der Waals surface area contributed by atoms with Gasteiger partial charge < -0.3 is 4.74 Å². The summed E-state index contributed by atoms with van der Waals surface area (Å²) >= 11 is 5.59. The van der Waals surface area contributed by atoms with Gasteiger partial charge in [-0.25, -0.2) is 12.8 Å². The maximum atomic E-state index is 13.9.